The molecule has 1 fully saturated rings. The van der Waals surface area contributed by atoms with Crippen LogP contribution in [0, 0.1) is 5.82 Å². The summed E-state index contributed by atoms with van der Waals surface area (Å²) < 4.78 is 16.1. The lowest BCUT2D eigenvalue weighted by molar-refractivity contribution is 0.191. The Morgan fingerprint density at radius 3 is 2.86 bits per heavy atom. The molecule has 3 aromatic rings. The number of piperidine rings is 1. The van der Waals surface area contributed by atoms with E-state index in [9.17, 15) is 9.18 Å². The Balaban J connectivity index is 1.31. The van der Waals surface area contributed by atoms with E-state index in [1.54, 1.807) is 22.0 Å². The fourth-order valence-electron chi connectivity index (χ4n) is 3.58. The highest BCUT2D eigenvalue weighted by molar-refractivity contribution is 9.10. The zero-order valence-electron chi connectivity index (χ0n) is 15.3. The number of rotatable bonds is 6. The van der Waals surface area contributed by atoms with E-state index in [0.29, 0.717) is 23.6 Å². The van der Waals surface area contributed by atoms with Crippen LogP contribution in [-0.4, -0.2) is 45.1 Å². The van der Waals surface area contributed by atoms with E-state index < -0.39 is 5.82 Å². The van der Waals surface area contributed by atoms with Crippen molar-refractivity contribution in [2.45, 2.75) is 32.0 Å². The Bertz CT molecular complexity index is 1010. The van der Waals surface area contributed by atoms with Gasteiger partial charge in [-0.2, -0.15) is 0 Å². The van der Waals surface area contributed by atoms with E-state index in [0.717, 1.165) is 48.6 Å². The molecule has 1 saturated heterocycles. The summed E-state index contributed by atoms with van der Waals surface area (Å²) in [6.07, 6.45) is 3.31. The van der Waals surface area contributed by atoms with Gasteiger partial charge in [-0.25, -0.2) is 9.37 Å². The maximum Gasteiger partial charge on any atom is 0.251 e. The number of thiazole rings is 1. The molecule has 0 radical (unpaired) electrons. The number of nitrogens with zero attached hydrogens (tertiary/aromatic N) is 4. The number of likely N-dealkylation sites (tertiary alicyclic amines) is 1. The first-order valence-electron chi connectivity index (χ1n) is 9.29. The van der Waals surface area contributed by atoms with Crippen LogP contribution in [-0.2, 0) is 13.1 Å². The summed E-state index contributed by atoms with van der Waals surface area (Å²) >= 11 is 5.03. The highest BCUT2D eigenvalue weighted by atomic mass is 79.9. The van der Waals surface area contributed by atoms with Crippen LogP contribution in [0.25, 0.3) is 11.0 Å². The Morgan fingerprint density at radius 2 is 2.11 bits per heavy atom. The molecule has 4 heterocycles. The number of halogens is 2. The first-order chi connectivity index (χ1) is 13.6. The Kier molecular flexibility index (Phi) is 6.15. The van der Waals surface area contributed by atoms with Crippen molar-refractivity contribution in [1.82, 2.24) is 24.8 Å². The molecule has 0 amide bonds. The van der Waals surface area contributed by atoms with E-state index in [1.165, 1.54) is 18.3 Å². The molecule has 0 saturated carbocycles. The average molecular weight is 466 g/mol. The van der Waals surface area contributed by atoms with Gasteiger partial charge in [0.25, 0.3) is 5.56 Å². The van der Waals surface area contributed by atoms with Crippen LogP contribution in [0.1, 0.15) is 17.8 Å². The maximum absolute atomic E-state index is 13.6. The summed E-state index contributed by atoms with van der Waals surface area (Å²) in [6, 6.07) is 5.01. The lowest BCUT2D eigenvalue weighted by Crippen LogP contribution is -2.43. The van der Waals surface area contributed by atoms with Crippen molar-refractivity contribution < 1.29 is 4.39 Å². The number of hydrogen-bond acceptors (Lipinski definition) is 6. The van der Waals surface area contributed by atoms with Crippen LogP contribution < -0.4 is 10.9 Å². The second-order valence-corrected chi connectivity index (χ2v) is 8.70. The van der Waals surface area contributed by atoms with Crippen molar-refractivity contribution in [3.63, 3.8) is 0 Å². The third kappa shape index (κ3) is 4.65. The summed E-state index contributed by atoms with van der Waals surface area (Å²) in [5.74, 6) is -0.425. The van der Waals surface area contributed by atoms with Crippen molar-refractivity contribution in [1.29, 1.82) is 0 Å². The van der Waals surface area contributed by atoms with Crippen molar-refractivity contribution in [3.05, 3.63) is 55.6 Å². The number of hydrogen-bond donors (Lipinski definition) is 1. The smallest absolute Gasteiger partial charge is 0.251 e. The largest absolute Gasteiger partial charge is 0.308 e. The van der Waals surface area contributed by atoms with Gasteiger partial charge < -0.3 is 14.8 Å². The molecule has 0 aliphatic carbocycles. The van der Waals surface area contributed by atoms with E-state index >= 15 is 0 Å². The lowest BCUT2D eigenvalue weighted by Gasteiger charge is -2.32. The van der Waals surface area contributed by atoms with Gasteiger partial charge in [0.1, 0.15) is 15.4 Å². The molecule has 148 valence electrons. The molecule has 6 nitrogen and oxygen atoms in total. The molecular weight excluding hydrogens is 445 g/mol. The molecule has 28 heavy (non-hydrogen) atoms. The lowest BCUT2D eigenvalue weighted by atomic mass is 10.1. The van der Waals surface area contributed by atoms with Crippen LogP contribution in [0.5, 0.6) is 0 Å². The van der Waals surface area contributed by atoms with Gasteiger partial charge in [0.05, 0.1) is 17.2 Å². The minimum atomic E-state index is -0.425. The molecular formula is C19H21BrFN5OS. The van der Waals surface area contributed by atoms with Crippen LogP contribution >= 0.6 is 27.3 Å². The highest BCUT2D eigenvalue weighted by Crippen LogP contribution is 2.16. The van der Waals surface area contributed by atoms with E-state index in [4.69, 9.17) is 0 Å². The van der Waals surface area contributed by atoms with Crippen molar-refractivity contribution in [2.75, 3.05) is 19.6 Å². The summed E-state index contributed by atoms with van der Waals surface area (Å²) in [5.41, 5.74) is 1.07. The first kappa shape index (κ1) is 19.6. The number of aromatic nitrogens is 3. The Hall–Kier alpha value is -1.68. The van der Waals surface area contributed by atoms with Gasteiger partial charge in [0.15, 0.2) is 0 Å². The number of pyridine rings is 2. The Labute approximate surface area is 174 Å². The van der Waals surface area contributed by atoms with Crippen molar-refractivity contribution >= 4 is 38.3 Å². The zero-order chi connectivity index (χ0) is 19.5. The summed E-state index contributed by atoms with van der Waals surface area (Å²) in [4.78, 5) is 23.1. The van der Waals surface area contributed by atoms with Crippen LogP contribution in [0.3, 0.4) is 0 Å². The van der Waals surface area contributed by atoms with E-state index in [2.05, 4.69) is 36.1 Å². The third-order valence-electron chi connectivity index (χ3n) is 5.10. The van der Waals surface area contributed by atoms with Gasteiger partial charge in [-0.05, 0) is 47.9 Å². The van der Waals surface area contributed by atoms with Crippen LogP contribution in [0.2, 0.25) is 0 Å². The second-order valence-electron chi connectivity index (χ2n) is 6.94. The summed E-state index contributed by atoms with van der Waals surface area (Å²) in [5, 5.41) is 6.67. The molecule has 1 aliphatic heterocycles. The minimum Gasteiger partial charge on any atom is -0.308 e. The standard InChI is InChI=1S/C19H21BrFN5OS/c20-17-12-28-18(24-17)11-22-14-3-5-25(6-4-14)7-8-26-16-9-13(21)10-23-15(16)1-2-19(26)27/h1-2,9-10,12,14,22H,3-8,11H2. The Morgan fingerprint density at radius 1 is 1.29 bits per heavy atom. The molecule has 4 rings (SSSR count). The van der Waals surface area contributed by atoms with Gasteiger partial charge in [-0.15, -0.1) is 11.3 Å². The quantitative estimate of drug-likeness (QED) is 0.606. The molecule has 0 spiro atoms. The zero-order valence-corrected chi connectivity index (χ0v) is 17.7. The molecule has 0 atom stereocenters. The van der Waals surface area contributed by atoms with Gasteiger partial charge in [0, 0.05) is 43.2 Å². The molecule has 1 aliphatic rings. The maximum atomic E-state index is 13.6. The second kappa shape index (κ2) is 8.77. The fourth-order valence-corrected chi connectivity index (χ4v) is 4.79. The number of fused-ring (bicyclic) bond motifs is 1. The van der Waals surface area contributed by atoms with Gasteiger partial charge in [-0.1, -0.05) is 0 Å². The van der Waals surface area contributed by atoms with E-state index in [-0.39, 0.29) is 5.56 Å². The fraction of sp³-hybridized carbons (Fsp3) is 0.421. The predicted molar refractivity (Wildman–Crippen MR) is 112 cm³/mol. The summed E-state index contributed by atoms with van der Waals surface area (Å²) in [7, 11) is 0. The third-order valence-corrected chi connectivity index (χ3v) is 6.66. The average Bonchev–Trinajstić information content (AvgIpc) is 3.12. The highest BCUT2D eigenvalue weighted by Gasteiger charge is 2.19. The van der Waals surface area contributed by atoms with E-state index in [1.807, 2.05) is 5.38 Å². The molecule has 9 heteroatoms. The predicted octanol–water partition coefficient (Wildman–Crippen LogP) is 3.01. The first-order valence-corrected chi connectivity index (χ1v) is 11.0. The normalized spacial score (nSPS) is 16.1. The topological polar surface area (TPSA) is 63.1 Å². The van der Waals surface area contributed by atoms with Crippen LogP contribution in [0.4, 0.5) is 4.39 Å². The van der Waals surface area contributed by atoms with Crippen LogP contribution in [0.15, 0.2) is 39.2 Å². The van der Waals surface area contributed by atoms with Gasteiger partial charge >= 0.3 is 0 Å². The molecule has 0 bridgehead atoms. The molecule has 3 aromatic heterocycles. The molecule has 0 aromatic carbocycles. The minimum absolute atomic E-state index is 0.119. The molecule has 0 unspecified atom stereocenters. The summed E-state index contributed by atoms with van der Waals surface area (Å²) in [6.45, 7) is 4.05. The van der Waals surface area contributed by atoms with Gasteiger partial charge in [0.2, 0.25) is 0 Å². The van der Waals surface area contributed by atoms with Gasteiger partial charge in [-0.3, -0.25) is 9.78 Å². The SMILES string of the molecule is O=c1ccc2ncc(F)cc2n1CCN1CCC(NCc2nc(Br)cs2)CC1. The van der Waals surface area contributed by atoms with Crippen molar-refractivity contribution in [2.24, 2.45) is 0 Å². The molecule has 1 N–H and O–H groups in total. The number of nitrogens with one attached hydrogen (secondary N) is 1. The van der Waals surface area contributed by atoms with Crippen molar-refractivity contribution in [3.8, 4) is 0 Å². The monoisotopic (exact) mass is 465 g/mol.